The van der Waals surface area contributed by atoms with Crippen LogP contribution in [0.1, 0.15) is 18.5 Å². The van der Waals surface area contributed by atoms with E-state index < -0.39 is 11.9 Å². The largest absolute Gasteiger partial charge is 0.497 e. The predicted molar refractivity (Wildman–Crippen MR) is 112 cm³/mol. The van der Waals surface area contributed by atoms with Crippen molar-refractivity contribution in [2.24, 2.45) is 5.92 Å². The summed E-state index contributed by atoms with van der Waals surface area (Å²) in [6.45, 7) is 0.879. The van der Waals surface area contributed by atoms with Crippen molar-refractivity contribution in [3.05, 3.63) is 35.5 Å². The van der Waals surface area contributed by atoms with Crippen molar-refractivity contribution in [1.82, 2.24) is 14.3 Å². The maximum absolute atomic E-state index is 12.8. The van der Waals surface area contributed by atoms with Crippen molar-refractivity contribution in [2.45, 2.75) is 19.3 Å². The van der Waals surface area contributed by atoms with Gasteiger partial charge in [0, 0.05) is 35.9 Å². The number of carboxylic acids is 1. The number of hydrogen-bond acceptors (Lipinski definition) is 6. The highest BCUT2D eigenvalue weighted by Crippen LogP contribution is 2.34. The fourth-order valence-corrected chi connectivity index (χ4v) is 4.65. The van der Waals surface area contributed by atoms with Gasteiger partial charge in [0.2, 0.25) is 5.91 Å². The SMILES string of the molecule is COc1ccc(OC)c(-c2cn3c(CC(=O)N4CCCC(C(=O)O)C4)csc3n2)c1. The average Bonchev–Trinajstić information content (AvgIpc) is 3.35. The minimum absolute atomic E-state index is 0.0603. The minimum Gasteiger partial charge on any atom is -0.497 e. The van der Waals surface area contributed by atoms with E-state index in [4.69, 9.17) is 9.47 Å². The van der Waals surface area contributed by atoms with Crippen LogP contribution in [0.2, 0.25) is 0 Å². The minimum atomic E-state index is -0.836. The van der Waals surface area contributed by atoms with E-state index in [-0.39, 0.29) is 18.9 Å². The summed E-state index contributed by atoms with van der Waals surface area (Å²) in [5.41, 5.74) is 2.37. The molecule has 1 aliphatic rings. The zero-order chi connectivity index (χ0) is 21.3. The topological polar surface area (TPSA) is 93.4 Å². The van der Waals surface area contributed by atoms with Gasteiger partial charge in [0.15, 0.2) is 4.96 Å². The number of amides is 1. The number of rotatable bonds is 6. The first kappa shape index (κ1) is 20.2. The van der Waals surface area contributed by atoms with Gasteiger partial charge in [0.05, 0.1) is 32.3 Å². The molecule has 1 atom stereocenters. The third kappa shape index (κ3) is 3.85. The fraction of sp³-hybridized carbons (Fsp3) is 0.381. The van der Waals surface area contributed by atoms with E-state index in [1.165, 1.54) is 11.3 Å². The zero-order valence-electron chi connectivity index (χ0n) is 16.8. The maximum atomic E-state index is 12.8. The average molecular weight is 429 g/mol. The molecule has 1 saturated heterocycles. The summed E-state index contributed by atoms with van der Waals surface area (Å²) >= 11 is 1.46. The first-order valence-corrected chi connectivity index (χ1v) is 10.6. The molecule has 158 valence electrons. The molecule has 0 saturated carbocycles. The number of ether oxygens (including phenoxy) is 2. The zero-order valence-corrected chi connectivity index (χ0v) is 17.6. The number of likely N-dealkylation sites (tertiary alicyclic amines) is 1. The van der Waals surface area contributed by atoms with Gasteiger partial charge in [-0.3, -0.25) is 14.0 Å². The lowest BCUT2D eigenvalue weighted by molar-refractivity contribution is -0.145. The molecule has 3 aromatic rings. The summed E-state index contributed by atoms with van der Waals surface area (Å²) < 4.78 is 12.7. The highest BCUT2D eigenvalue weighted by Gasteiger charge is 2.28. The van der Waals surface area contributed by atoms with Crippen LogP contribution in [-0.2, 0) is 16.0 Å². The van der Waals surface area contributed by atoms with Gasteiger partial charge in [-0.15, -0.1) is 11.3 Å². The molecule has 1 fully saturated rings. The first-order valence-electron chi connectivity index (χ1n) is 9.68. The molecule has 4 rings (SSSR count). The molecule has 1 unspecified atom stereocenters. The number of imidazole rings is 1. The number of carboxylic acid groups (broad SMARTS) is 1. The van der Waals surface area contributed by atoms with Crippen LogP contribution in [0.4, 0.5) is 0 Å². The van der Waals surface area contributed by atoms with E-state index in [0.29, 0.717) is 30.9 Å². The molecule has 1 aliphatic heterocycles. The highest BCUT2D eigenvalue weighted by atomic mass is 32.1. The molecule has 0 spiro atoms. The van der Waals surface area contributed by atoms with E-state index in [9.17, 15) is 14.7 Å². The summed E-state index contributed by atoms with van der Waals surface area (Å²) in [7, 11) is 3.22. The second-order valence-corrected chi connectivity index (χ2v) is 8.10. The van der Waals surface area contributed by atoms with Crippen LogP contribution in [0, 0.1) is 5.92 Å². The molecular weight excluding hydrogens is 406 g/mol. The fourth-order valence-electron chi connectivity index (χ4n) is 3.77. The Bertz CT molecular complexity index is 1090. The molecule has 0 radical (unpaired) electrons. The number of benzene rings is 1. The Kier molecular flexibility index (Phi) is 5.63. The summed E-state index contributed by atoms with van der Waals surface area (Å²) in [5, 5.41) is 11.2. The van der Waals surface area contributed by atoms with Gasteiger partial charge < -0.3 is 19.5 Å². The van der Waals surface area contributed by atoms with Crippen molar-refractivity contribution in [3.63, 3.8) is 0 Å². The summed E-state index contributed by atoms with van der Waals surface area (Å²) in [6.07, 6.45) is 3.43. The lowest BCUT2D eigenvalue weighted by Crippen LogP contribution is -2.43. The van der Waals surface area contributed by atoms with Crippen LogP contribution in [0.15, 0.2) is 29.8 Å². The van der Waals surface area contributed by atoms with Gasteiger partial charge in [-0.2, -0.15) is 0 Å². The second-order valence-electron chi connectivity index (χ2n) is 7.27. The third-order valence-corrected chi connectivity index (χ3v) is 6.31. The molecule has 3 heterocycles. The van der Waals surface area contributed by atoms with Crippen molar-refractivity contribution in [3.8, 4) is 22.8 Å². The Morgan fingerprint density at radius 1 is 1.30 bits per heavy atom. The Morgan fingerprint density at radius 2 is 2.13 bits per heavy atom. The third-order valence-electron chi connectivity index (χ3n) is 5.42. The van der Waals surface area contributed by atoms with E-state index in [1.54, 1.807) is 19.1 Å². The van der Waals surface area contributed by atoms with E-state index in [0.717, 1.165) is 21.9 Å². The van der Waals surface area contributed by atoms with Gasteiger partial charge in [0.1, 0.15) is 11.5 Å². The van der Waals surface area contributed by atoms with Crippen molar-refractivity contribution < 1.29 is 24.2 Å². The molecule has 8 nitrogen and oxygen atoms in total. The van der Waals surface area contributed by atoms with Crippen LogP contribution in [-0.4, -0.2) is 58.6 Å². The maximum Gasteiger partial charge on any atom is 0.308 e. The number of aromatic nitrogens is 2. The number of fused-ring (bicyclic) bond motifs is 1. The van der Waals surface area contributed by atoms with Crippen LogP contribution < -0.4 is 9.47 Å². The molecule has 0 aliphatic carbocycles. The summed E-state index contributed by atoms with van der Waals surface area (Å²) in [5.74, 6) is 0.0141. The van der Waals surface area contributed by atoms with Crippen LogP contribution in [0.25, 0.3) is 16.2 Å². The second kappa shape index (κ2) is 8.35. The molecule has 9 heteroatoms. The number of piperidine rings is 1. The van der Waals surface area contributed by atoms with E-state index in [2.05, 4.69) is 4.98 Å². The Hall–Kier alpha value is -3.07. The lowest BCUT2D eigenvalue weighted by Gasteiger charge is -2.30. The molecular formula is C21H23N3O5S. The number of aliphatic carboxylic acids is 1. The Balaban J connectivity index is 1.58. The summed E-state index contributed by atoms with van der Waals surface area (Å²) in [4.78, 5) is 31.2. The van der Waals surface area contributed by atoms with E-state index in [1.807, 2.05) is 34.2 Å². The van der Waals surface area contributed by atoms with Gasteiger partial charge in [-0.1, -0.05) is 0 Å². The predicted octanol–water partition coefficient (Wildman–Crippen LogP) is 2.95. The number of nitrogens with zero attached hydrogens (tertiary/aromatic N) is 3. The Labute approximate surface area is 177 Å². The van der Waals surface area contributed by atoms with Crippen LogP contribution >= 0.6 is 11.3 Å². The van der Waals surface area contributed by atoms with Crippen LogP contribution in [0.5, 0.6) is 11.5 Å². The van der Waals surface area contributed by atoms with Crippen molar-refractivity contribution in [1.29, 1.82) is 0 Å². The molecule has 1 aromatic carbocycles. The van der Waals surface area contributed by atoms with Gasteiger partial charge in [-0.25, -0.2) is 4.98 Å². The highest BCUT2D eigenvalue weighted by molar-refractivity contribution is 7.15. The Morgan fingerprint density at radius 3 is 2.87 bits per heavy atom. The lowest BCUT2D eigenvalue weighted by atomic mass is 9.98. The molecule has 30 heavy (non-hydrogen) atoms. The normalized spacial score (nSPS) is 16.6. The number of thiazole rings is 1. The quantitative estimate of drug-likeness (QED) is 0.648. The first-order chi connectivity index (χ1) is 14.5. The number of carbonyl (C=O) groups excluding carboxylic acids is 1. The van der Waals surface area contributed by atoms with Gasteiger partial charge in [-0.05, 0) is 31.0 Å². The van der Waals surface area contributed by atoms with Gasteiger partial charge in [0.25, 0.3) is 0 Å². The van der Waals surface area contributed by atoms with Crippen molar-refractivity contribution >= 4 is 28.2 Å². The standard InChI is InChI=1S/C21H23N3O5S/c1-28-15-5-6-18(29-2)16(9-15)17-11-24-14(12-30-21(24)22-17)8-19(25)23-7-3-4-13(10-23)20(26)27/h5-6,9,11-13H,3-4,7-8,10H2,1-2H3,(H,26,27). The number of methoxy groups -OCH3 is 2. The van der Waals surface area contributed by atoms with E-state index >= 15 is 0 Å². The molecule has 1 N–H and O–H groups in total. The number of carbonyl (C=O) groups is 2. The smallest absolute Gasteiger partial charge is 0.308 e. The molecule has 0 bridgehead atoms. The monoisotopic (exact) mass is 429 g/mol. The molecule has 1 amide bonds. The van der Waals surface area contributed by atoms with Crippen molar-refractivity contribution in [2.75, 3.05) is 27.3 Å². The van der Waals surface area contributed by atoms with Gasteiger partial charge >= 0.3 is 5.97 Å². The summed E-state index contributed by atoms with van der Waals surface area (Å²) in [6, 6.07) is 5.53. The van der Waals surface area contributed by atoms with Crippen LogP contribution in [0.3, 0.4) is 0 Å². The molecule has 2 aromatic heterocycles. The number of hydrogen-bond donors (Lipinski definition) is 1.